The van der Waals surface area contributed by atoms with Crippen molar-refractivity contribution >= 4 is 23.7 Å². The summed E-state index contributed by atoms with van der Waals surface area (Å²) in [5.41, 5.74) is 2.79. The number of carbonyl (C=O) groups excluding carboxylic acids is 2. The topological polar surface area (TPSA) is 91.1 Å². The maximum absolute atomic E-state index is 12.8. The number of rotatable bonds is 9. The first kappa shape index (κ1) is 28.2. The lowest BCUT2D eigenvalue weighted by molar-refractivity contribution is -0.146. The second-order valence-corrected chi connectivity index (χ2v) is 10.4. The van der Waals surface area contributed by atoms with Crippen molar-refractivity contribution in [3.8, 4) is 23.0 Å². The average Bonchev–Trinajstić information content (AvgIpc) is 3.58. The Balaban J connectivity index is 1.19. The van der Waals surface area contributed by atoms with Crippen LogP contribution in [0, 0.1) is 18.8 Å². The first-order chi connectivity index (χ1) is 19.9. The molecule has 1 aliphatic heterocycles. The van der Waals surface area contributed by atoms with E-state index in [2.05, 4.69) is 4.98 Å². The highest BCUT2D eigenvalue weighted by atomic mass is 35.5. The zero-order valence-corrected chi connectivity index (χ0v) is 23.7. The van der Waals surface area contributed by atoms with Crippen LogP contribution in [0.4, 0.5) is 4.79 Å². The number of benzene rings is 3. The van der Waals surface area contributed by atoms with Crippen molar-refractivity contribution in [1.29, 1.82) is 0 Å². The summed E-state index contributed by atoms with van der Waals surface area (Å²) in [4.78, 5) is 31.6. The van der Waals surface area contributed by atoms with E-state index < -0.39 is 12.0 Å². The van der Waals surface area contributed by atoms with Gasteiger partial charge in [-0.25, -0.2) is 9.78 Å². The first-order valence-electron chi connectivity index (χ1n) is 13.4. The van der Waals surface area contributed by atoms with Crippen LogP contribution < -0.4 is 9.47 Å². The number of amides is 1. The summed E-state index contributed by atoms with van der Waals surface area (Å²) in [6.07, 6.45) is 0.661. The molecule has 0 unspecified atom stereocenters. The molecule has 212 valence electrons. The predicted molar refractivity (Wildman–Crippen MR) is 154 cm³/mol. The molecule has 1 aromatic heterocycles. The van der Waals surface area contributed by atoms with Gasteiger partial charge in [0.05, 0.1) is 25.3 Å². The third-order valence-corrected chi connectivity index (χ3v) is 7.39. The van der Waals surface area contributed by atoms with E-state index in [1.165, 1.54) is 7.11 Å². The molecular weight excluding hydrogens is 544 g/mol. The molecule has 0 radical (unpaired) electrons. The lowest BCUT2D eigenvalue weighted by Gasteiger charge is -2.17. The summed E-state index contributed by atoms with van der Waals surface area (Å²) in [5.74, 6) is 1.54. The molecule has 0 bridgehead atoms. The van der Waals surface area contributed by atoms with Gasteiger partial charge in [-0.1, -0.05) is 41.9 Å². The molecule has 3 aromatic carbocycles. The third kappa shape index (κ3) is 7.08. The molecule has 0 spiro atoms. The van der Waals surface area contributed by atoms with Crippen molar-refractivity contribution in [2.24, 2.45) is 11.8 Å². The van der Waals surface area contributed by atoms with E-state index in [0.29, 0.717) is 42.7 Å². The van der Waals surface area contributed by atoms with Crippen LogP contribution in [-0.4, -0.2) is 48.8 Å². The molecule has 41 heavy (non-hydrogen) atoms. The minimum atomic E-state index is -0.514. The maximum Gasteiger partial charge on any atom is 0.415 e. The van der Waals surface area contributed by atoms with Crippen LogP contribution in [0.1, 0.15) is 17.0 Å². The van der Waals surface area contributed by atoms with Crippen LogP contribution in [0.15, 0.2) is 83.3 Å². The van der Waals surface area contributed by atoms with Gasteiger partial charge in [0.25, 0.3) is 0 Å². The SMILES string of the molecule is COC(=O)[C@H]1CN(C(=O)Oc2ccc(Cl)cc2)C[C@H]1Cc1cccc(OCCc2nc(-c3ccccc3)oc2C)c1. The van der Waals surface area contributed by atoms with Gasteiger partial charge in [-0.2, -0.15) is 0 Å². The summed E-state index contributed by atoms with van der Waals surface area (Å²) in [6, 6.07) is 24.1. The van der Waals surface area contributed by atoms with Crippen molar-refractivity contribution in [3.63, 3.8) is 0 Å². The van der Waals surface area contributed by atoms with Crippen LogP contribution in [0.5, 0.6) is 11.5 Å². The number of esters is 1. The lowest BCUT2D eigenvalue weighted by atomic mass is 9.89. The second kappa shape index (κ2) is 12.9. The molecule has 1 amide bonds. The second-order valence-electron chi connectivity index (χ2n) is 9.95. The monoisotopic (exact) mass is 574 g/mol. The summed E-state index contributed by atoms with van der Waals surface area (Å²) < 4.78 is 22.4. The van der Waals surface area contributed by atoms with E-state index in [4.69, 9.17) is 30.2 Å². The molecule has 8 nitrogen and oxygen atoms in total. The average molecular weight is 575 g/mol. The number of nitrogens with zero attached hydrogens (tertiary/aromatic N) is 2. The molecule has 4 aromatic rings. The van der Waals surface area contributed by atoms with Gasteiger partial charge in [-0.05, 0) is 73.4 Å². The highest BCUT2D eigenvalue weighted by Gasteiger charge is 2.41. The van der Waals surface area contributed by atoms with Crippen LogP contribution in [0.3, 0.4) is 0 Å². The number of likely N-dealkylation sites (tertiary alicyclic amines) is 1. The zero-order valence-electron chi connectivity index (χ0n) is 22.9. The summed E-state index contributed by atoms with van der Waals surface area (Å²) >= 11 is 5.92. The molecule has 2 heterocycles. The number of methoxy groups -OCH3 is 1. The smallest absolute Gasteiger partial charge is 0.415 e. The fourth-order valence-electron chi connectivity index (χ4n) is 5.01. The number of carbonyl (C=O) groups is 2. The van der Waals surface area contributed by atoms with Gasteiger partial charge in [0.2, 0.25) is 5.89 Å². The number of ether oxygens (including phenoxy) is 3. The van der Waals surface area contributed by atoms with Crippen molar-refractivity contribution < 1.29 is 28.2 Å². The quantitative estimate of drug-likeness (QED) is 0.214. The molecule has 0 saturated carbocycles. The first-order valence-corrected chi connectivity index (χ1v) is 13.8. The summed E-state index contributed by atoms with van der Waals surface area (Å²) in [6.45, 7) is 2.93. The van der Waals surface area contributed by atoms with Crippen LogP contribution in [-0.2, 0) is 22.4 Å². The fraction of sp³-hybridized carbons (Fsp3) is 0.281. The summed E-state index contributed by atoms with van der Waals surface area (Å²) in [7, 11) is 1.36. The number of aryl methyl sites for hydroxylation is 1. The van der Waals surface area contributed by atoms with E-state index in [0.717, 1.165) is 28.3 Å². The van der Waals surface area contributed by atoms with E-state index in [1.807, 2.05) is 61.5 Å². The Morgan fingerprint density at radius 3 is 2.54 bits per heavy atom. The van der Waals surface area contributed by atoms with Gasteiger partial charge in [-0.3, -0.25) is 4.79 Å². The third-order valence-electron chi connectivity index (χ3n) is 7.14. The van der Waals surface area contributed by atoms with Gasteiger partial charge < -0.3 is 23.5 Å². The Morgan fingerprint density at radius 1 is 1.00 bits per heavy atom. The normalized spacial score (nSPS) is 16.4. The van der Waals surface area contributed by atoms with E-state index in [9.17, 15) is 9.59 Å². The molecular formula is C32H31ClN2O6. The van der Waals surface area contributed by atoms with Gasteiger partial charge in [-0.15, -0.1) is 0 Å². The Bertz CT molecular complexity index is 1490. The maximum atomic E-state index is 12.8. The number of aromatic nitrogens is 1. The lowest BCUT2D eigenvalue weighted by Crippen LogP contribution is -2.32. The molecule has 0 N–H and O–H groups in total. The predicted octanol–water partition coefficient (Wildman–Crippen LogP) is 6.39. The van der Waals surface area contributed by atoms with E-state index in [1.54, 1.807) is 29.2 Å². The largest absolute Gasteiger partial charge is 0.493 e. The molecule has 0 aliphatic carbocycles. The number of hydrogen-bond donors (Lipinski definition) is 0. The summed E-state index contributed by atoms with van der Waals surface area (Å²) in [5, 5.41) is 0.549. The van der Waals surface area contributed by atoms with E-state index >= 15 is 0 Å². The molecule has 1 fully saturated rings. The van der Waals surface area contributed by atoms with Crippen molar-refractivity contribution in [2.45, 2.75) is 19.8 Å². The number of halogens is 1. The van der Waals surface area contributed by atoms with Gasteiger partial charge in [0, 0.05) is 30.1 Å². The van der Waals surface area contributed by atoms with Crippen molar-refractivity contribution in [3.05, 3.63) is 101 Å². The van der Waals surface area contributed by atoms with Crippen LogP contribution >= 0.6 is 11.6 Å². The van der Waals surface area contributed by atoms with Crippen molar-refractivity contribution in [2.75, 3.05) is 26.8 Å². The minimum Gasteiger partial charge on any atom is -0.493 e. The van der Waals surface area contributed by atoms with Crippen molar-refractivity contribution in [1.82, 2.24) is 9.88 Å². The van der Waals surface area contributed by atoms with E-state index in [-0.39, 0.29) is 18.4 Å². The molecule has 2 atom stereocenters. The molecule has 1 aliphatic rings. The minimum absolute atomic E-state index is 0.135. The Hall–Kier alpha value is -4.30. The molecule has 9 heteroatoms. The van der Waals surface area contributed by atoms with Crippen LogP contribution in [0.2, 0.25) is 5.02 Å². The zero-order chi connectivity index (χ0) is 28.8. The Morgan fingerprint density at radius 2 is 1.78 bits per heavy atom. The van der Waals surface area contributed by atoms with Gasteiger partial charge in [0.15, 0.2) is 0 Å². The van der Waals surface area contributed by atoms with Crippen LogP contribution in [0.25, 0.3) is 11.5 Å². The molecule has 1 saturated heterocycles. The Labute approximate surface area is 243 Å². The fourth-order valence-corrected chi connectivity index (χ4v) is 5.13. The standard InChI is InChI=1S/C32H31ClN2O6/c1-21-29(34-30(40-21)23-8-4-3-5-9-23)15-16-39-27-10-6-7-22(18-27)17-24-19-35(20-28(24)31(36)38-2)32(37)41-26-13-11-25(33)12-14-26/h3-14,18,24,28H,15-17,19-20H2,1-2H3/t24-,28+/m1/s1. The van der Waals surface area contributed by atoms with Gasteiger partial charge in [0.1, 0.15) is 17.3 Å². The number of oxazole rings is 1. The number of hydrogen-bond acceptors (Lipinski definition) is 7. The highest BCUT2D eigenvalue weighted by Crippen LogP contribution is 2.30. The molecule has 5 rings (SSSR count). The Kier molecular flexibility index (Phi) is 8.89. The highest BCUT2D eigenvalue weighted by molar-refractivity contribution is 6.30. The van der Waals surface area contributed by atoms with Gasteiger partial charge >= 0.3 is 12.1 Å².